The summed E-state index contributed by atoms with van der Waals surface area (Å²) in [7, 11) is 0. The third-order valence-electron chi connectivity index (χ3n) is 4.08. The summed E-state index contributed by atoms with van der Waals surface area (Å²) in [5, 5.41) is 5.51. The van der Waals surface area contributed by atoms with E-state index in [1.807, 2.05) is 0 Å². The van der Waals surface area contributed by atoms with Crippen molar-refractivity contribution in [3.8, 4) is 5.88 Å². The number of pyridine rings is 2. The van der Waals surface area contributed by atoms with Gasteiger partial charge in [0.05, 0.1) is 0 Å². The van der Waals surface area contributed by atoms with Gasteiger partial charge in [-0.25, -0.2) is 18.7 Å². The number of nitrogens with zero attached hydrogens (tertiary/aromatic N) is 2. The molecule has 0 bridgehead atoms. The molecular weight excluding hydrogens is 406 g/mol. The van der Waals surface area contributed by atoms with Crippen molar-refractivity contribution in [3.63, 3.8) is 0 Å². The number of hydrogen-bond acceptors (Lipinski definition) is 5. The zero-order valence-electron chi connectivity index (χ0n) is 15.5. The minimum Gasteiger partial charge on any atom is -0.471 e. The van der Waals surface area contributed by atoms with Crippen LogP contribution < -0.4 is 15.4 Å². The van der Waals surface area contributed by atoms with Crippen LogP contribution in [-0.4, -0.2) is 34.8 Å². The third kappa shape index (κ3) is 6.08. The number of halogens is 3. The number of rotatable bonds is 8. The topological polar surface area (TPSA) is 93.2 Å². The summed E-state index contributed by atoms with van der Waals surface area (Å²) in [5.41, 5.74) is 1.51. The quantitative estimate of drug-likeness (QED) is 0.677. The van der Waals surface area contributed by atoms with Gasteiger partial charge in [0.25, 0.3) is 12.3 Å². The Morgan fingerprint density at radius 3 is 2.72 bits per heavy atom. The Balaban J connectivity index is 1.60. The summed E-state index contributed by atoms with van der Waals surface area (Å²) in [4.78, 5) is 32.5. The average molecular weight is 425 g/mol. The SMILES string of the molecule is Cc1cc(C(=O)NCc2cnc(OCC(F)F)c(Cl)c2)cc(NC(=O)C2CC2)n1. The fourth-order valence-electron chi connectivity index (χ4n) is 2.53. The van der Waals surface area contributed by atoms with Crippen LogP contribution in [0.25, 0.3) is 0 Å². The van der Waals surface area contributed by atoms with Crippen molar-refractivity contribution >= 4 is 29.2 Å². The van der Waals surface area contributed by atoms with E-state index < -0.39 is 13.0 Å². The molecule has 0 unspecified atom stereocenters. The first kappa shape index (κ1) is 20.9. The van der Waals surface area contributed by atoms with Crippen molar-refractivity contribution in [1.29, 1.82) is 0 Å². The molecule has 2 aromatic heterocycles. The number of amides is 2. The monoisotopic (exact) mass is 424 g/mol. The molecule has 2 heterocycles. The lowest BCUT2D eigenvalue weighted by Gasteiger charge is -2.10. The van der Waals surface area contributed by atoms with E-state index in [4.69, 9.17) is 16.3 Å². The second-order valence-corrected chi connectivity index (χ2v) is 7.07. The number of anilines is 1. The number of ether oxygens (including phenoxy) is 1. The van der Waals surface area contributed by atoms with E-state index in [1.54, 1.807) is 13.0 Å². The van der Waals surface area contributed by atoms with Crippen molar-refractivity contribution in [1.82, 2.24) is 15.3 Å². The maximum Gasteiger partial charge on any atom is 0.272 e. The van der Waals surface area contributed by atoms with Crippen LogP contribution in [0.1, 0.15) is 34.5 Å². The number of alkyl halides is 2. The van der Waals surface area contributed by atoms with E-state index in [0.29, 0.717) is 22.6 Å². The smallest absolute Gasteiger partial charge is 0.272 e. The van der Waals surface area contributed by atoms with Crippen molar-refractivity contribution < 1.29 is 23.1 Å². The van der Waals surface area contributed by atoms with Crippen LogP contribution in [0.5, 0.6) is 5.88 Å². The molecule has 0 radical (unpaired) electrons. The maximum absolute atomic E-state index is 12.5. The first-order valence-corrected chi connectivity index (χ1v) is 9.32. The molecule has 154 valence electrons. The molecular formula is C19H19ClF2N4O3. The van der Waals surface area contributed by atoms with Crippen LogP contribution in [-0.2, 0) is 11.3 Å². The zero-order valence-corrected chi connectivity index (χ0v) is 16.3. The lowest BCUT2D eigenvalue weighted by Crippen LogP contribution is -2.24. The normalized spacial score (nSPS) is 13.3. The molecule has 2 aromatic rings. The summed E-state index contributed by atoms with van der Waals surface area (Å²) in [6.07, 6.45) is 0.488. The predicted molar refractivity (Wildman–Crippen MR) is 102 cm³/mol. The van der Waals surface area contributed by atoms with Crippen molar-refractivity contribution in [2.75, 3.05) is 11.9 Å². The fourth-order valence-corrected chi connectivity index (χ4v) is 2.78. The van der Waals surface area contributed by atoms with E-state index in [-0.39, 0.29) is 35.2 Å². The Labute approximate surface area is 170 Å². The van der Waals surface area contributed by atoms with E-state index in [2.05, 4.69) is 20.6 Å². The summed E-state index contributed by atoms with van der Waals surface area (Å²) in [5.74, 6) is -0.199. The molecule has 10 heteroatoms. The highest BCUT2D eigenvalue weighted by Crippen LogP contribution is 2.30. The van der Waals surface area contributed by atoms with Gasteiger partial charge < -0.3 is 15.4 Å². The van der Waals surface area contributed by atoms with Crippen molar-refractivity contribution in [3.05, 3.63) is 46.2 Å². The minimum absolute atomic E-state index is 0.0273. The predicted octanol–water partition coefficient (Wildman–Crippen LogP) is 3.36. The van der Waals surface area contributed by atoms with Gasteiger partial charge in [0, 0.05) is 29.9 Å². The lowest BCUT2D eigenvalue weighted by atomic mass is 10.2. The Bertz CT molecular complexity index is 922. The van der Waals surface area contributed by atoms with Gasteiger partial charge in [0.1, 0.15) is 10.8 Å². The first-order valence-electron chi connectivity index (χ1n) is 8.95. The van der Waals surface area contributed by atoms with Gasteiger partial charge in [-0.05, 0) is 43.5 Å². The summed E-state index contributed by atoms with van der Waals surface area (Å²) in [6.45, 7) is 1.04. The summed E-state index contributed by atoms with van der Waals surface area (Å²) < 4.78 is 29.2. The maximum atomic E-state index is 12.5. The van der Waals surface area contributed by atoms with Crippen LogP contribution in [0.4, 0.5) is 14.6 Å². The Kier molecular flexibility index (Phi) is 6.58. The number of aromatic nitrogens is 2. The van der Waals surface area contributed by atoms with Crippen molar-refractivity contribution in [2.45, 2.75) is 32.7 Å². The summed E-state index contributed by atoms with van der Waals surface area (Å²) >= 11 is 5.97. The van der Waals surface area contributed by atoms with Gasteiger partial charge in [-0.15, -0.1) is 0 Å². The molecule has 7 nitrogen and oxygen atoms in total. The molecule has 0 saturated heterocycles. The van der Waals surface area contributed by atoms with E-state index in [1.165, 1.54) is 18.3 Å². The molecule has 0 aromatic carbocycles. The van der Waals surface area contributed by atoms with E-state index in [0.717, 1.165) is 12.8 Å². The van der Waals surface area contributed by atoms with Crippen molar-refractivity contribution in [2.24, 2.45) is 5.92 Å². The molecule has 3 rings (SSSR count). The molecule has 29 heavy (non-hydrogen) atoms. The highest BCUT2D eigenvalue weighted by Gasteiger charge is 2.30. The highest BCUT2D eigenvalue weighted by molar-refractivity contribution is 6.31. The fraction of sp³-hybridized carbons (Fsp3) is 0.368. The minimum atomic E-state index is -2.63. The molecule has 1 fully saturated rings. The molecule has 1 saturated carbocycles. The third-order valence-corrected chi connectivity index (χ3v) is 4.35. The molecule has 1 aliphatic carbocycles. The largest absolute Gasteiger partial charge is 0.471 e. The number of carbonyl (C=O) groups is 2. The zero-order chi connectivity index (χ0) is 21.0. The summed E-state index contributed by atoms with van der Waals surface area (Å²) in [6, 6.07) is 4.60. The Morgan fingerprint density at radius 2 is 2.07 bits per heavy atom. The van der Waals surface area contributed by atoms with Gasteiger partial charge in [0.15, 0.2) is 6.61 Å². The van der Waals surface area contributed by atoms with Crippen LogP contribution in [0.2, 0.25) is 5.02 Å². The van der Waals surface area contributed by atoms with E-state index in [9.17, 15) is 18.4 Å². The number of nitrogens with one attached hydrogen (secondary N) is 2. The van der Waals surface area contributed by atoms with Gasteiger partial charge in [0.2, 0.25) is 11.8 Å². The Hall–Kier alpha value is -2.81. The molecule has 1 aliphatic rings. The molecule has 2 amide bonds. The van der Waals surface area contributed by atoms with Crippen LogP contribution >= 0.6 is 11.6 Å². The van der Waals surface area contributed by atoms with Crippen LogP contribution in [0, 0.1) is 12.8 Å². The number of aryl methyl sites for hydroxylation is 1. The van der Waals surface area contributed by atoms with E-state index >= 15 is 0 Å². The average Bonchev–Trinajstić information content (AvgIpc) is 3.50. The second kappa shape index (κ2) is 9.13. The van der Waals surface area contributed by atoms with Gasteiger partial charge in [-0.2, -0.15) is 0 Å². The molecule has 2 N–H and O–H groups in total. The van der Waals surface area contributed by atoms with Gasteiger partial charge in [-0.3, -0.25) is 9.59 Å². The lowest BCUT2D eigenvalue weighted by molar-refractivity contribution is -0.117. The first-order chi connectivity index (χ1) is 13.8. The Morgan fingerprint density at radius 1 is 1.31 bits per heavy atom. The second-order valence-electron chi connectivity index (χ2n) is 6.66. The van der Waals surface area contributed by atoms with Gasteiger partial charge in [-0.1, -0.05) is 11.6 Å². The standard InChI is InChI=1S/C19H19ClF2N4O3/c1-10-4-13(6-16(25-10)26-18(28)12-2-3-12)17(27)23-7-11-5-14(20)19(24-8-11)29-9-15(21)22/h4-6,8,12,15H,2-3,7,9H2,1H3,(H,23,27)(H,25,26,28). The molecule has 0 atom stereocenters. The molecule has 0 spiro atoms. The van der Waals surface area contributed by atoms with Gasteiger partial charge >= 0.3 is 0 Å². The number of hydrogen-bond donors (Lipinski definition) is 2. The van der Waals surface area contributed by atoms with Crippen LogP contribution in [0.3, 0.4) is 0 Å². The highest BCUT2D eigenvalue weighted by atomic mass is 35.5. The number of carbonyl (C=O) groups excluding carboxylic acids is 2. The van der Waals surface area contributed by atoms with Crippen LogP contribution in [0.15, 0.2) is 24.4 Å². The molecule has 0 aliphatic heterocycles.